The van der Waals surface area contributed by atoms with E-state index in [0.29, 0.717) is 5.92 Å². The molecular weight excluding hydrogens is 262 g/mol. The molecule has 1 amide bonds. The quantitative estimate of drug-likeness (QED) is 0.925. The number of carbonyl (C=O) groups excluding carboxylic acids is 1. The number of hydrogen-bond donors (Lipinski definition) is 1. The molecular formula is C17H27N3O. The number of rotatable bonds is 4. The van der Waals surface area contributed by atoms with E-state index in [1.54, 1.807) is 0 Å². The van der Waals surface area contributed by atoms with Crippen LogP contribution in [0.3, 0.4) is 0 Å². The summed E-state index contributed by atoms with van der Waals surface area (Å²) >= 11 is 0. The summed E-state index contributed by atoms with van der Waals surface area (Å²) in [5, 5.41) is 3.13. The van der Waals surface area contributed by atoms with Gasteiger partial charge in [-0.1, -0.05) is 13.8 Å². The van der Waals surface area contributed by atoms with Crippen LogP contribution in [0.4, 0.5) is 5.69 Å². The zero-order valence-corrected chi connectivity index (χ0v) is 13.6. The molecule has 0 spiro atoms. The van der Waals surface area contributed by atoms with Crippen LogP contribution in [0, 0.1) is 12.8 Å². The van der Waals surface area contributed by atoms with Gasteiger partial charge in [0.1, 0.15) is 0 Å². The second-order valence-corrected chi connectivity index (χ2v) is 6.27. The van der Waals surface area contributed by atoms with Crippen molar-refractivity contribution in [2.24, 2.45) is 5.92 Å². The van der Waals surface area contributed by atoms with Crippen LogP contribution in [0.2, 0.25) is 0 Å². The Balaban J connectivity index is 1.97. The lowest BCUT2D eigenvalue weighted by atomic mass is 10.1. The number of amides is 1. The number of hydrogen-bond acceptors (Lipinski definition) is 3. The fourth-order valence-electron chi connectivity index (χ4n) is 2.91. The first kappa shape index (κ1) is 15.8. The highest BCUT2D eigenvalue weighted by molar-refractivity contribution is 5.95. The lowest BCUT2D eigenvalue weighted by molar-refractivity contribution is 0.0624. The molecule has 2 rings (SSSR count). The van der Waals surface area contributed by atoms with Gasteiger partial charge in [-0.05, 0) is 36.6 Å². The Hall–Kier alpha value is -1.55. The van der Waals surface area contributed by atoms with Crippen molar-refractivity contribution in [3.05, 3.63) is 29.3 Å². The molecule has 1 saturated heterocycles. The predicted octanol–water partition coefficient (Wildman–Crippen LogP) is 2.45. The van der Waals surface area contributed by atoms with Crippen molar-refractivity contribution >= 4 is 11.6 Å². The summed E-state index contributed by atoms with van der Waals surface area (Å²) in [6, 6.07) is 5.88. The first-order valence-corrected chi connectivity index (χ1v) is 7.81. The van der Waals surface area contributed by atoms with E-state index in [9.17, 15) is 4.79 Å². The number of aryl methyl sites for hydroxylation is 1. The zero-order chi connectivity index (χ0) is 15.4. The van der Waals surface area contributed by atoms with E-state index in [1.165, 1.54) is 0 Å². The zero-order valence-electron chi connectivity index (χ0n) is 13.6. The van der Waals surface area contributed by atoms with E-state index >= 15 is 0 Å². The van der Waals surface area contributed by atoms with Crippen LogP contribution in [0.15, 0.2) is 18.2 Å². The minimum absolute atomic E-state index is 0.157. The molecule has 0 aliphatic carbocycles. The summed E-state index contributed by atoms with van der Waals surface area (Å²) in [4.78, 5) is 17.0. The summed E-state index contributed by atoms with van der Waals surface area (Å²) in [6.07, 6.45) is 0. The SMILES string of the molecule is CNc1ccc(C(=O)N2CCN(CC(C)C)CC2)cc1C. The second-order valence-electron chi connectivity index (χ2n) is 6.27. The van der Waals surface area contributed by atoms with Gasteiger partial charge in [0.05, 0.1) is 0 Å². The van der Waals surface area contributed by atoms with Crippen molar-refractivity contribution in [1.29, 1.82) is 0 Å². The largest absolute Gasteiger partial charge is 0.388 e. The van der Waals surface area contributed by atoms with Crippen LogP contribution in [0.1, 0.15) is 29.8 Å². The summed E-state index contributed by atoms with van der Waals surface area (Å²) in [5.74, 6) is 0.842. The fourth-order valence-corrected chi connectivity index (χ4v) is 2.91. The second kappa shape index (κ2) is 6.94. The Labute approximate surface area is 128 Å². The Morgan fingerprint density at radius 3 is 2.43 bits per heavy atom. The monoisotopic (exact) mass is 289 g/mol. The fraction of sp³-hybridized carbons (Fsp3) is 0.588. The standard InChI is InChI=1S/C17H27N3O/c1-13(2)12-19-7-9-20(10-8-19)17(21)15-5-6-16(18-4)14(3)11-15/h5-6,11,13,18H,7-10,12H2,1-4H3. The van der Waals surface area contributed by atoms with E-state index in [-0.39, 0.29) is 5.91 Å². The molecule has 1 aromatic carbocycles. The third kappa shape index (κ3) is 3.97. The van der Waals surface area contributed by atoms with Gasteiger partial charge in [0.25, 0.3) is 5.91 Å². The number of carbonyl (C=O) groups is 1. The van der Waals surface area contributed by atoms with Crippen molar-refractivity contribution < 1.29 is 4.79 Å². The molecule has 0 atom stereocenters. The third-order valence-corrected chi connectivity index (χ3v) is 4.03. The van der Waals surface area contributed by atoms with Crippen LogP contribution >= 0.6 is 0 Å². The van der Waals surface area contributed by atoms with E-state index < -0.39 is 0 Å². The summed E-state index contributed by atoms with van der Waals surface area (Å²) in [6.45, 7) is 11.3. The molecule has 4 heteroatoms. The first-order chi connectivity index (χ1) is 10.0. The smallest absolute Gasteiger partial charge is 0.253 e. The van der Waals surface area contributed by atoms with Crippen LogP contribution in [0.5, 0.6) is 0 Å². The minimum Gasteiger partial charge on any atom is -0.388 e. The van der Waals surface area contributed by atoms with Gasteiger partial charge in [0.2, 0.25) is 0 Å². The molecule has 0 radical (unpaired) electrons. The third-order valence-electron chi connectivity index (χ3n) is 4.03. The average Bonchev–Trinajstić information content (AvgIpc) is 2.46. The van der Waals surface area contributed by atoms with Gasteiger partial charge in [0, 0.05) is 51.0 Å². The van der Waals surface area contributed by atoms with Gasteiger partial charge >= 0.3 is 0 Å². The Kier molecular flexibility index (Phi) is 5.23. The van der Waals surface area contributed by atoms with Gasteiger partial charge in [-0.3, -0.25) is 9.69 Å². The van der Waals surface area contributed by atoms with Gasteiger partial charge in [-0.2, -0.15) is 0 Å². The first-order valence-electron chi connectivity index (χ1n) is 7.81. The Morgan fingerprint density at radius 1 is 1.24 bits per heavy atom. The normalized spacial score (nSPS) is 16.3. The highest BCUT2D eigenvalue weighted by Gasteiger charge is 2.22. The lowest BCUT2D eigenvalue weighted by Crippen LogP contribution is -2.49. The molecule has 21 heavy (non-hydrogen) atoms. The molecule has 0 saturated carbocycles. The summed E-state index contributed by atoms with van der Waals surface area (Å²) in [7, 11) is 1.90. The van der Waals surface area contributed by atoms with Crippen molar-refractivity contribution in [2.45, 2.75) is 20.8 Å². The van der Waals surface area contributed by atoms with Crippen LogP contribution < -0.4 is 5.32 Å². The molecule has 116 valence electrons. The van der Waals surface area contributed by atoms with E-state index in [4.69, 9.17) is 0 Å². The highest BCUT2D eigenvalue weighted by atomic mass is 16.2. The average molecular weight is 289 g/mol. The van der Waals surface area contributed by atoms with Gasteiger partial charge in [-0.15, -0.1) is 0 Å². The lowest BCUT2D eigenvalue weighted by Gasteiger charge is -2.35. The number of anilines is 1. The topological polar surface area (TPSA) is 35.6 Å². The molecule has 1 heterocycles. The highest BCUT2D eigenvalue weighted by Crippen LogP contribution is 2.18. The van der Waals surface area contributed by atoms with E-state index in [0.717, 1.165) is 49.5 Å². The summed E-state index contributed by atoms with van der Waals surface area (Å²) in [5.41, 5.74) is 2.99. The molecule has 1 N–H and O–H groups in total. The number of piperazine rings is 1. The Bertz CT molecular complexity index is 491. The van der Waals surface area contributed by atoms with Crippen LogP contribution in [-0.4, -0.2) is 55.5 Å². The van der Waals surface area contributed by atoms with Crippen molar-refractivity contribution in [3.63, 3.8) is 0 Å². The molecule has 1 fully saturated rings. The van der Waals surface area contributed by atoms with Crippen molar-refractivity contribution in [1.82, 2.24) is 9.80 Å². The van der Waals surface area contributed by atoms with Crippen LogP contribution in [0.25, 0.3) is 0 Å². The predicted molar refractivity (Wildman–Crippen MR) is 87.9 cm³/mol. The molecule has 4 nitrogen and oxygen atoms in total. The van der Waals surface area contributed by atoms with E-state index in [2.05, 4.69) is 24.1 Å². The molecule has 1 aliphatic rings. The number of nitrogens with zero attached hydrogens (tertiary/aromatic N) is 2. The maximum atomic E-state index is 12.6. The van der Waals surface area contributed by atoms with Gasteiger partial charge in [0.15, 0.2) is 0 Å². The number of nitrogens with one attached hydrogen (secondary N) is 1. The number of benzene rings is 1. The maximum Gasteiger partial charge on any atom is 0.253 e. The molecule has 1 aromatic rings. The van der Waals surface area contributed by atoms with Gasteiger partial charge in [-0.25, -0.2) is 0 Å². The van der Waals surface area contributed by atoms with Crippen molar-refractivity contribution in [3.8, 4) is 0 Å². The molecule has 1 aliphatic heterocycles. The Morgan fingerprint density at radius 2 is 1.90 bits per heavy atom. The molecule has 0 unspecified atom stereocenters. The van der Waals surface area contributed by atoms with E-state index in [1.807, 2.05) is 37.1 Å². The molecule has 0 aromatic heterocycles. The van der Waals surface area contributed by atoms with Crippen LogP contribution in [-0.2, 0) is 0 Å². The minimum atomic E-state index is 0.157. The molecule has 0 bridgehead atoms. The summed E-state index contributed by atoms with van der Waals surface area (Å²) < 4.78 is 0. The maximum absolute atomic E-state index is 12.6. The van der Waals surface area contributed by atoms with Gasteiger partial charge < -0.3 is 10.2 Å². The van der Waals surface area contributed by atoms with Crippen molar-refractivity contribution in [2.75, 3.05) is 45.1 Å².